The predicted octanol–water partition coefficient (Wildman–Crippen LogP) is 2.29. The van der Waals surface area contributed by atoms with Crippen LogP contribution >= 0.6 is 0 Å². The summed E-state index contributed by atoms with van der Waals surface area (Å²) in [6, 6.07) is 10.8. The number of piperazine rings is 1. The van der Waals surface area contributed by atoms with Crippen LogP contribution in [0, 0.1) is 13.8 Å². The van der Waals surface area contributed by atoms with Gasteiger partial charge in [-0.05, 0) is 43.2 Å². The van der Waals surface area contributed by atoms with Gasteiger partial charge in [-0.1, -0.05) is 12.1 Å². The zero-order valence-electron chi connectivity index (χ0n) is 19.3. The SMILES string of the molecule is COc1ccc(OC)c(S(=O)(=O)N(C)CC(=O)N2CCN(c3cccc(C)c3C)CC2)c1. The van der Waals surface area contributed by atoms with Crippen LogP contribution in [-0.2, 0) is 14.8 Å². The summed E-state index contributed by atoms with van der Waals surface area (Å²) in [5.74, 6) is 0.373. The van der Waals surface area contributed by atoms with Crippen molar-refractivity contribution in [3.05, 3.63) is 47.5 Å². The largest absolute Gasteiger partial charge is 0.497 e. The Morgan fingerprint density at radius 1 is 1.03 bits per heavy atom. The number of sulfonamides is 1. The third-order valence-electron chi connectivity index (χ3n) is 5.97. The minimum absolute atomic E-state index is 0.0330. The molecule has 0 aromatic heterocycles. The minimum Gasteiger partial charge on any atom is -0.497 e. The molecule has 8 nitrogen and oxygen atoms in total. The van der Waals surface area contributed by atoms with Crippen molar-refractivity contribution < 1.29 is 22.7 Å². The highest BCUT2D eigenvalue weighted by molar-refractivity contribution is 7.89. The van der Waals surface area contributed by atoms with E-state index in [-0.39, 0.29) is 23.1 Å². The van der Waals surface area contributed by atoms with Crippen LogP contribution in [0.15, 0.2) is 41.3 Å². The summed E-state index contributed by atoms with van der Waals surface area (Å²) < 4.78 is 37.7. The van der Waals surface area contributed by atoms with E-state index in [0.29, 0.717) is 31.9 Å². The van der Waals surface area contributed by atoms with Crippen LogP contribution < -0.4 is 14.4 Å². The lowest BCUT2D eigenvalue weighted by Gasteiger charge is -2.37. The summed E-state index contributed by atoms with van der Waals surface area (Å²) in [6.07, 6.45) is 0. The van der Waals surface area contributed by atoms with Gasteiger partial charge in [0.15, 0.2) is 0 Å². The Balaban J connectivity index is 1.67. The fourth-order valence-electron chi connectivity index (χ4n) is 3.80. The molecule has 174 valence electrons. The van der Waals surface area contributed by atoms with Crippen LogP contribution in [0.4, 0.5) is 5.69 Å². The highest BCUT2D eigenvalue weighted by Crippen LogP contribution is 2.30. The Labute approximate surface area is 190 Å². The van der Waals surface area contributed by atoms with Gasteiger partial charge in [0.2, 0.25) is 15.9 Å². The fraction of sp³-hybridized carbons (Fsp3) is 0.435. The first-order valence-corrected chi connectivity index (χ1v) is 11.9. The molecule has 2 aromatic rings. The molecule has 0 N–H and O–H groups in total. The monoisotopic (exact) mass is 461 g/mol. The lowest BCUT2D eigenvalue weighted by Crippen LogP contribution is -2.51. The van der Waals surface area contributed by atoms with Crippen LogP contribution in [-0.4, -0.2) is 77.5 Å². The number of aryl methyl sites for hydroxylation is 1. The summed E-state index contributed by atoms with van der Waals surface area (Å²) in [6.45, 7) is 6.45. The van der Waals surface area contributed by atoms with E-state index < -0.39 is 10.0 Å². The maximum absolute atomic E-state index is 13.1. The van der Waals surface area contributed by atoms with Crippen molar-refractivity contribution in [2.75, 3.05) is 58.9 Å². The molecule has 0 radical (unpaired) electrons. The quantitative estimate of drug-likeness (QED) is 0.630. The van der Waals surface area contributed by atoms with Crippen molar-refractivity contribution in [3.63, 3.8) is 0 Å². The molecular weight excluding hydrogens is 430 g/mol. The molecule has 0 aliphatic carbocycles. The zero-order valence-corrected chi connectivity index (χ0v) is 20.1. The van der Waals surface area contributed by atoms with Crippen molar-refractivity contribution in [1.29, 1.82) is 0 Å². The molecule has 0 spiro atoms. The van der Waals surface area contributed by atoms with Gasteiger partial charge in [0, 0.05) is 45.0 Å². The first-order chi connectivity index (χ1) is 15.2. The number of anilines is 1. The number of rotatable bonds is 7. The zero-order chi connectivity index (χ0) is 23.5. The molecule has 1 heterocycles. The Kier molecular flexibility index (Phi) is 7.30. The Hall–Kier alpha value is -2.78. The fourth-order valence-corrected chi connectivity index (χ4v) is 5.09. The number of nitrogens with zero attached hydrogens (tertiary/aromatic N) is 3. The molecule has 32 heavy (non-hydrogen) atoms. The van der Waals surface area contributed by atoms with Crippen LogP contribution in [0.3, 0.4) is 0 Å². The Morgan fingerprint density at radius 3 is 2.34 bits per heavy atom. The van der Waals surface area contributed by atoms with Crippen LogP contribution in [0.5, 0.6) is 11.5 Å². The maximum atomic E-state index is 13.1. The summed E-state index contributed by atoms with van der Waals surface area (Å²) in [5.41, 5.74) is 3.66. The molecule has 9 heteroatoms. The van der Waals surface area contributed by atoms with Gasteiger partial charge in [-0.2, -0.15) is 4.31 Å². The van der Waals surface area contributed by atoms with Gasteiger partial charge in [-0.15, -0.1) is 0 Å². The van der Waals surface area contributed by atoms with Gasteiger partial charge in [0.25, 0.3) is 0 Å². The second kappa shape index (κ2) is 9.79. The van der Waals surface area contributed by atoms with E-state index in [9.17, 15) is 13.2 Å². The van der Waals surface area contributed by atoms with Crippen molar-refractivity contribution in [3.8, 4) is 11.5 Å². The molecule has 0 atom stereocenters. The Morgan fingerprint density at radius 2 is 1.72 bits per heavy atom. The molecule has 1 fully saturated rings. The second-order valence-corrected chi connectivity index (χ2v) is 9.88. The summed E-state index contributed by atoms with van der Waals surface area (Å²) >= 11 is 0. The topological polar surface area (TPSA) is 79.4 Å². The molecular formula is C23H31N3O5S. The van der Waals surface area contributed by atoms with Crippen molar-refractivity contribution in [2.45, 2.75) is 18.7 Å². The van der Waals surface area contributed by atoms with Gasteiger partial charge < -0.3 is 19.3 Å². The van der Waals surface area contributed by atoms with Gasteiger partial charge in [0.1, 0.15) is 16.4 Å². The van der Waals surface area contributed by atoms with E-state index in [4.69, 9.17) is 9.47 Å². The van der Waals surface area contributed by atoms with Crippen molar-refractivity contribution in [2.24, 2.45) is 0 Å². The molecule has 1 aliphatic rings. The first kappa shape index (κ1) is 23.9. The van der Waals surface area contributed by atoms with Crippen molar-refractivity contribution in [1.82, 2.24) is 9.21 Å². The van der Waals surface area contributed by atoms with Gasteiger partial charge in [-0.3, -0.25) is 4.79 Å². The van der Waals surface area contributed by atoms with Crippen molar-refractivity contribution >= 4 is 21.6 Å². The number of benzene rings is 2. The highest BCUT2D eigenvalue weighted by Gasteiger charge is 2.30. The van der Waals surface area contributed by atoms with Gasteiger partial charge >= 0.3 is 0 Å². The molecule has 1 aliphatic heterocycles. The number of hydrogen-bond acceptors (Lipinski definition) is 6. The van der Waals surface area contributed by atoms with E-state index >= 15 is 0 Å². The molecule has 3 rings (SSSR count). The van der Waals surface area contributed by atoms with E-state index in [1.54, 1.807) is 11.0 Å². The average Bonchev–Trinajstić information content (AvgIpc) is 2.80. The lowest BCUT2D eigenvalue weighted by atomic mass is 10.1. The average molecular weight is 462 g/mol. The number of ether oxygens (including phenoxy) is 2. The number of amides is 1. The van der Waals surface area contributed by atoms with Gasteiger partial charge in [-0.25, -0.2) is 8.42 Å². The summed E-state index contributed by atoms with van der Waals surface area (Å²) in [4.78, 5) is 16.8. The Bertz CT molecular complexity index is 1080. The summed E-state index contributed by atoms with van der Waals surface area (Å²) in [5, 5.41) is 0. The van der Waals surface area contributed by atoms with E-state index in [0.717, 1.165) is 4.31 Å². The molecule has 0 saturated carbocycles. The minimum atomic E-state index is -3.94. The normalized spacial score (nSPS) is 14.6. The second-order valence-electron chi connectivity index (χ2n) is 7.86. The number of likely N-dealkylation sites (N-methyl/N-ethyl adjacent to an activating group) is 1. The first-order valence-electron chi connectivity index (χ1n) is 10.5. The number of hydrogen-bond donors (Lipinski definition) is 0. The molecule has 1 saturated heterocycles. The molecule has 2 aromatic carbocycles. The van der Waals surface area contributed by atoms with Crippen LogP contribution in [0.25, 0.3) is 0 Å². The van der Waals surface area contributed by atoms with E-state index in [2.05, 4.69) is 30.9 Å². The highest BCUT2D eigenvalue weighted by atomic mass is 32.2. The van der Waals surface area contributed by atoms with E-state index in [1.807, 2.05) is 6.07 Å². The number of carbonyl (C=O) groups excluding carboxylic acids is 1. The van der Waals surface area contributed by atoms with E-state index in [1.165, 1.54) is 50.2 Å². The van der Waals surface area contributed by atoms with Crippen LogP contribution in [0.1, 0.15) is 11.1 Å². The number of methoxy groups -OCH3 is 2. The maximum Gasteiger partial charge on any atom is 0.247 e. The molecule has 0 bridgehead atoms. The molecule has 0 unspecified atom stereocenters. The van der Waals surface area contributed by atoms with Crippen LogP contribution in [0.2, 0.25) is 0 Å². The third-order valence-corrected chi connectivity index (χ3v) is 7.79. The van der Waals surface area contributed by atoms with Gasteiger partial charge in [0.05, 0.1) is 20.8 Å². The smallest absolute Gasteiger partial charge is 0.247 e. The lowest BCUT2D eigenvalue weighted by molar-refractivity contribution is -0.131. The standard InChI is InChI=1S/C23H31N3O5S/c1-17-7-6-8-20(18(17)2)25-11-13-26(14-12-25)23(27)16-24(3)32(28,29)22-15-19(30-4)9-10-21(22)31-5/h6-10,15H,11-14,16H2,1-5H3. The molecule has 1 amide bonds. The number of carbonyl (C=O) groups is 1. The third kappa shape index (κ3) is 4.83. The predicted molar refractivity (Wildman–Crippen MR) is 124 cm³/mol. The summed E-state index contributed by atoms with van der Waals surface area (Å²) in [7, 11) is 0.325.